The van der Waals surface area contributed by atoms with Crippen LogP contribution >= 0.6 is 0 Å². The van der Waals surface area contributed by atoms with E-state index in [0.29, 0.717) is 12.8 Å². The molecule has 5 heteroatoms. The van der Waals surface area contributed by atoms with E-state index < -0.39 is 5.97 Å². The van der Waals surface area contributed by atoms with Crippen molar-refractivity contribution in [2.24, 2.45) is 11.8 Å². The van der Waals surface area contributed by atoms with E-state index in [-0.39, 0.29) is 17.7 Å². The van der Waals surface area contributed by atoms with Crippen molar-refractivity contribution < 1.29 is 14.7 Å². The van der Waals surface area contributed by atoms with Crippen molar-refractivity contribution in [2.45, 2.75) is 51.0 Å². The van der Waals surface area contributed by atoms with Gasteiger partial charge in [-0.1, -0.05) is 12.8 Å². The maximum Gasteiger partial charge on any atom is 0.306 e. The Balaban J connectivity index is 1.48. The minimum absolute atomic E-state index is 0.0517. The third-order valence-electron chi connectivity index (χ3n) is 5.60. The number of carbonyl (C=O) groups is 2. The molecule has 3 aliphatic rings. The summed E-state index contributed by atoms with van der Waals surface area (Å²) in [4.78, 5) is 28.0. The van der Waals surface area contributed by atoms with E-state index in [1.807, 2.05) is 4.90 Å². The summed E-state index contributed by atoms with van der Waals surface area (Å²) in [5.41, 5.74) is 0. The number of hydrogen-bond donors (Lipinski definition) is 1. The summed E-state index contributed by atoms with van der Waals surface area (Å²) in [6.45, 7) is 3.63. The van der Waals surface area contributed by atoms with Crippen LogP contribution in [0.15, 0.2) is 0 Å². The number of amides is 1. The van der Waals surface area contributed by atoms with Crippen molar-refractivity contribution >= 4 is 11.9 Å². The van der Waals surface area contributed by atoms with Crippen molar-refractivity contribution in [2.75, 3.05) is 26.2 Å². The molecule has 3 rings (SSSR count). The summed E-state index contributed by atoms with van der Waals surface area (Å²) in [6, 6.07) is 0.741. The van der Waals surface area contributed by atoms with Crippen LogP contribution in [0, 0.1) is 11.8 Å². The van der Waals surface area contributed by atoms with Gasteiger partial charge in [-0.3, -0.25) is 14.5 Å². The molecule has 21 heavy (non-hydrogen) atoms. The van der Waals surface area contributed by atoms with Crippen LogP contribution in [-0.4, -0.2) is 59.0 Å². The first kappa shape index (κ1) is 14.8. The average Bonchev–Trinajstić information content (AvgIpc) is 3.18. The van der Waals surface area contributed by atoms with Crippen molar-refractivity contribution in [3.63, 3.8) is 0 Å². The summed E-state index contributed by atoms with van der Waals surface area (Å²) >= 11 is 0. The second kappa shape index (κ2) is 6.34. The van der Waals surface area contributed by atoms with Crippen molar-refractivity contribution in [1.82, 2.24) is 9.80 Å². The quantitative estimate of drug-likeness (QED) is 0.858. The molecule has 0 bridgehead atoms. The standard InChI is InChI=1S/C16H26N2O3/c19-15(12-5-6-13(11-12)16(20)21)18-9-7-17(8-10-18)14-3-1-2-4-14/h12-14H,1-11H2,(H,20,21). The Hall–Kier alpha value is -1.10. The number of carboxylic acid groups (broad SMARTS) is 1. The minimum Gasteiger partial charge on any atom is -0.481 e. The number of carboxylic acids is 1. The van der Waals surface area contributed by atoms with Crippen LogP contribution in [0.1, 0.15) is 44.9 Å². The number of aliphatic carboxylic acids is 1. The molecule has 0 aromatic carbocycles. The highest BCUT2D eigenvalue weighted by atomic mass is 16.4. The predicted molar refractivity (Wildman–Crippen MR) is 78.9 cm³/mol. The van der Waals surface area contributed by atoms with Crippen LogP contribution in [0.4, 0.5) is 0 Å². The predicted octanol–water partition coefficient (Wildman–Crippen LogP) is 1.57. The second-order valence-corrected chi connectivity index (χ2v) is 6.84. The fraction of sp³-hybridized carbons (Fsp3) is 0.875. The smallest absolute Gasteiger partial charge is 0.306 e. The summed E-state index contributed by atoms with van der Waals surface area (Å²) in [7, 11) is 0. The van der Waals surface area contributed by atoms with Crippen molar-refractivity contribution in [3.8, 4) is 0 Å². The molecule has 2 atom stereocenters. The Bertz CT molecular complexity index is 398. The molecule has 0 spiro atoms. The molecule has 0 radical (unpaired) electrons. The summed E-state index contributed by atoms with van der Waals surface area (Å²) in [5.74, 6) is -0.899. The van der Waals surface area contributed by atoms with Gasteiger partial charge in [0.15, 0.2) is 0 Å². The second-order valence-electron chi connectivity index (χ2n) is 6.84. The topological polar surface area (TPSA) is 60.9 Å². The highest BCUT2D eigenvalue weighted by Gasteiger charge is 2.37. The van der Waals surface area contributed by atoms with Gasteiger partial charge >= 0.3 is 5.97 Å². The lowest BCUT2D eigenvalue weighted by molar-refractivity contribution is -0.142. The third-order valence-corrected chi connectivity index (χ3v) is 5.60. The zero-order chi connectivity index (χ0) is 14.8. The van der Waals surface area contributed by atoms with Crippen LogP contribution in [0.25, 0.3) is 0 Å². The van der Waals surface area contributed by atoms with E-state index in [4.69, 9.17) is 5.11 Å². The number of rotatable bonds is 3. The van der Waals surface area contributed by atoms with Crippen LogP contribution < -0.4 is 0 Å². The molecule has 1 saturated heterocycles. The number of nitrogens with zero attached hydrogens (tertiary/aromatic N) is 2. The van der Waals surface area contributed by atoms with Crippen molar-refractivity contribution in [3.05, 3.63) is 0 Å². The number of piperazine rings is 1. The molecule has 0 aromatic heterocycles. The van der Waals surface area contributed by atoms with Gasteiger partial charge in [0.2, 0.25) is 5.91 Å². The first-order chi connectivity index (χ1) is 10.1. The molecule has 1 N–H and O–H groups in total. The molecule has 2 aliphatic carbocycles. The lowest BCUT2D eigenvalue weighted by Crippen LogP contribution is -2.52. The molecular formula is C16H26N2O3. The first-order valence-electron chi connectivity index (χ1n) is 8.41. The Morgan fingerprint density at radius 1 is 0.857 bits per heavy atom. The Kier molecular flexibility index (Phi) is 4.48. The first-order valence-corrected chi connectivity index (χ1v) is 8.41. The molecule has 2 unspecified atom stereocenters. The lowest BCUT2D eigenvalue weighted by Gasteiger charge is -2.39. The largest absolute Gasteiger partial charge is 0.481 e. The zero-order valence-corrected chi connectivity index (χ0v) is 12.7. The van der Waals surface area contributed by atoms with E-state index >= 15 is 0 Å². The lowest BCUT2D eigenvalue weighted by atomic mass is 10.0. The highest BCUT2D eigenvalue weighted by Crippen LogP contribution is 2.33. The van der Waals surface area contributed by atoms with E-state index in [1.165, 1.54) is 25.7 Å². The fourth-order valence-corrected chi connectivity index (χ4v) is 4.27. The molecule has 1 heterocycles. The van der Waals surface area contributed by atoms with E-state index in [1.54, 1.807) is 0 Å². The summed E-state index contributed by atoms with van der Waals surface area (Å²) in [5, 5.41) is 9.05. The van der Waals surface area contributed by atoms with Crippen LogP contribution in [0.3, 0.4) is 0 Å². The van der Waals surface area contributed by atoms with Crippen LogP contribution in [0.2, 0.25) is 0 Å². The summed E-state index contributed by atoms with van der Waals surface area (Å²) in [6.07, 6.45) is 7.28. The minimum atomic E-state index is -0.739. The average molecular weight is 294 g/mol. The van der Waals surface area contributed by atoms with Gasteiger partial charge in [0.1, 0.15) is 0 Å². The third kappa shape index (κ3) is 3.23. The fourth-order valence-electron chi connectivity index (χ4n) is 4.27. The maximum absolute atomic E-state index is 12.5. The van der Waals surface area contributed by atoms with Crippen molar-refractivity contribution in [1.29, 1.82) is 0 Å². The van der Waals surface area contributed by atoms with Gasteiger partial charge in [-0.2, -0.15) is 0 Å². The Morgan fingerprint density at radius 2 is 1.48 bits per heavy atom. The van der Waals surface area contributed by atoms with Gasteiger partial charge < -0.3 is 10.0 Å². The molecule has 5 nitrogen and oxygen atoms in total. The van der Waals surface area contributed by atoms with Gasteiger partial charge in [-0.15, -0.1) is 0 Å². The van der Waals surface area contributed by atoms with Gasteiger partial charge in [0.25, 0.3) is 0 Å². The van der Waals surface area contributed by atoms with Gasteiger partial charge in [0.05, 0.1) is 5.92 Å². The zero-order valence-electron chi connectivity index (χ0n) is 12.7. The molecule has 118 valence electrons. The monoisotopic (exact) mass is 294 g/mol. The van der Waals surface area contributed by atoms with Crippen LogP contribution in [0.5, 0.6) is 0 Å². The molecule has 0 aromatic rings. The molecule has 1 amide bonds. The van der Waals surface area contributed by atoms with Gasteiger partial charge in [0, 0.05) is 38.1 Å². The molecular weight excluding hydrogens is 268 g/mol. The maximum atomic E-state index is 12.5. The summed E-state index contributed by atoms with van der Waals surface area (Å²) < 4.78 is 0. The SMILES string of the molecule is O=C(O)C1CCC(C(=O)N2CCN(C3CCCC3)CC2)C1. The highest BCUT2D eigenvalue weighted by molar-refractivity contribution is 5.81. The molecule has 2 saturated carbocycles. The van der Waals surface area contributed by atoms with E-state index in [9.17, 15) is 9.59 Å². The number of carbonyl (C=O) groups excluding carboxylic acids is 1. The van der Waals surface area contributed by atoms with Gasteiger partial charge in [-0.25, -0.2) is 0 Å². The van der Waals surface area contributed by atoms with E-state index in [0.717, 1.165) is 38.6 Å². The Morgan fingerprint density at radius 3 is 2.05 bits per heavy atom. The number of hydrogen-bond acceptors (Lipinski definition) is 3. The Labute approximate surface area is 126 Å². The van der Waals surface area contributed by atoms with Gasteiger partial charge in [-0.05, 0) is 32.1 Å². The molecule has 3 fully saturated rings. The molecule has 1 aliphatic heterocycles. The van der Waals surface area contributed by atoms with E-state index in [2.05, 4.69) is 4.90 Å². The van der Waals surface area contributed by atoms with Crippen LogP contribution in [-0.2, 0) is 9.59 Å². The normalized spacial score (nSPS) is 31.7.